The number of benzene rings is 7. The Bertz CT molecular complexity index is 2770. The highest BCUT2D eigenvalue weighted by atomic mass is 14.8. The molecule has 2 nitrogen and oxygen atoms in total. The molecule has 0 unspecified atom stereocenters. The lowest BCUT2D eigenvalue weighted by Gasteiger charge is -2.25. The van der Waals surface area contributed by atoms with Gasteiger partial charge in [0, 0.05) is 27.9 Å². The van der Waals surface area contributed by atoms with E-state index < -0.39 is 0 Å². The van der Waals surface area contributed by atoms with Crippen LogP contribution in [0.4, 0.5) is 0 Å². The van der Waals surface area contributed by atoms with E-state index in [9.17, 15) is 0 Å². The van der Waals surface area contributed by atoms with Gasteiger partial charge in [-0.1, -0.05) is 135 Å². The van der Waals surface area contributed by atoms with Crippen molar-refractivity contribution in [2.24, 2.45) is 0 Å². The summed E-state index contributed by atoms with van der Waals surface area (Å²) in [5, 5.41) is 10.1. The van der Waals surface area contributed by atoms with E-state index in [0.29, 0.717) is 0 Å². The molecule has 220 valence electrons. The van der Waals surface area contributed by atoms with Gasteiger partial charge in [-0.15, -0.1) is 0 Å². The highest BCUT2D eigenvalue weighted by molar-refractivity contribution is 6.22. The van der Waals surface area contributed by atoms with Crippen molar-refractivity contribution in [1.82, 2.24) is 9.97 Å². The Morgan fingerprint density at radius 1 is 0.447 bits per heavy atom. The third kappa shape index (κ3) is 3.61. The van der Waals surface area contributed by atoms with Crippen LogP contribution in [0.1, 0.15) is 25.0 Å². The van der Waals surface area contributed by atoms with Crippen molar-refractivity contribution in [2.45, 2.75) is 19.3 Å². The molecule has 0 amide bonds. The van der Waals surface area contributed by atoms with E-state index in [0.717, 1.165) is 33.1 Å². The molecular weight excluding hydrogens is 569 g/mol. The van der Waals surface area contributed by atoms with Gasteiger partial charge in [0.25, 0.3) is 0 Å². The predicted octanol–water partition coefficient (Wildman–Crippen LogP) is 11.9. The molecule has 9 aromatic rings. The fourth-order valence-corrected chi connectivity index (χ4v) is 8.36. The Hall–Kier alpha value is -5.86. The van der Waals surface area contributed by atoms with Crippen molar-refractivity contribution in [2.75, 3.05) is 0 Å². The van der Waals surface area contributed by atoms with Crippen LogP contribution in [0, 0.1) is 0 Å². The van der Waals surface area contributed by atoms with Crippen LogP contribution in [0.5, 0.6) is 0 Å². The zero-order valence-corrected chi connectivity index (χ0v) is 26.3. The van der Waals surface area contributed by atoms with Crippen LogP contribution < -0.4 is 0 Å². The summed E-state index contributed by atoms with van der Waals surface area (Å²) >= 11 is 0. The van der Waals surface area contributed by atoms with Gasteiger partial charge in [-0.2, -0.15) is 0 Å². The molecule has 10 rings (SSSR count). The van der Waals surface area contributed by atoms with E-state index in [1.807, 2.05) is 12.3 Å². The lowest BCUT2D eigenvalue weighted by molar-refractivity contribution is 0.667. The molecule has 1 aliphatic carbocycles. The van der Waals surface area contributed by atoms with Crippen molar-refractivity contribution in [3.63, 3.8) is 0 Å². The molecule has 0 atom stereocenters. The number of pyridine rings is 2. The molecular formula is C45H30N2. The maximum absolute atomic E-state index is 5.28. The predicted molar refractivity (Wildman–Crippen MR) is 198 cm³/mol. The fraction of sp³-hybridized carbons (Fsp3) is 0.0667. The van der Waals surface area contributed by atoms with Gasteiger partial charge in [0.2, 0.25) is 0 Å². The van der Waals surface area contributed by atoms with Crippen LogP contribution in [-0.2, 0) is 5.41 Å². The van der Waals surface area contributed by atoms with Crippen molar-refractivity contribution in [1.29, 1.82) is 0 Å². The molecule has 47 heavy (non-hydrogen) atoms. The average Bonchev–Trinajstić information content (AvgIpc) is 3.38. The first-order chi connectivity index (χ1) is 23.1. The Labute approximate surface area is 273 Å². The van der Waals surface area contributed by atoms with Gasteiger partial charge < -0.3 is 0 Å². The molecule has 0 bridgehead atoms. The molecule has 2 heterocycles. The van der Waals surface area contributed by atoms with Crippen molar-refractivity contribution < 1.29 is 0 Å². The summed E-state index contributed by atoms with van der Waals surface area (Å²) in [6.45, 7) is 4.82. The summed E-state index contributed by atoms with van der Waals surface area (Å²) in [5.74, 6) is 0. The third-order valence-corrected chi connectivity index (χ3v) is 10.5. The lowest BCUT2D eigenvalue weighted by atomic mass is 9.78. The van der Waals surface area contributed by atoms with Gasteiger partial charge in [-0.25, -0.2) is 4.98 Å². The first kappa shape index (κ1) is 26.4. The summed E-state index contributed by atoms with van der Waals surface area (Å²) in [7, 11) is 0. The SMILES string of the molecule is CC1(C)c2cc(-c3ccccc3-c3ccc4ccc5cccnc5c4n3)c3ccccc3c2-c2c1c1ccccc1c1ccccc21. The monoisotopic (exact) mass is 598 g/mol. The van der Waals surface area contributed by atoms with Crippen LogP contribution in [0.15, 0.2) is 146 Å². The molecule has 1 aliphatic rings. The smallest absolute Gasteiger partial charge is 0.0972 e. The minimum atomic E-state index is -0.201. The van der Waals surface area contributed by atoms with E-state index in [1.54, 1.807) is 0 Å². The summed E-state index contributed by atoms with van der Waals surface area (Å²) in [4.78, 5) is 10.0. The van der Waals surface area contributed by atoms with Gasteiger partial charge >= 0.3 is 0 Å². The number of nitrogens with zero attached hydrogens (tertiary/aromatic N) is 2. The van der Waals surface area contributed by atoms with Gasteiger partial charge in [-0.3, -0.25) is 4.98 Å². The second-order valence-electron chi connectivity index (χ2n) is 13.3. The Balaban J connectivity index is 1.28. The Morgan fingerprint density at radius 2 is 1.02 bits per heavy atom. The molecule has 0 N–H and O–H groups in total. The molecule has 2 heteroatoms. The zero-order valence-electron chi connectivity index (χ0n) is 26.3. The normalized spacial score (nSPS) is 13.5. The second-order valence-corrected chi connectivity index (χ2v) is 13.3. The summed E-state index contributed by atoms with van der Waals surface area (Å²) < 4.78 is 0. The summed E-state index contributed by atoms with van der Waals surface area (Å²) in [6, 6.07) is 50.8. The first-order valence-corrected chi connectivity index (χ1v) is 16.3. The highest BCUT2D eigenvalue weighted by Gasteiger charge is 2.40. The van der Waals surface area contributed by atoms with Crippen LogP contribution in [-0.4, -0.2) is 9.97 Å². The van der Waals surface area contributed by atoms with Gasteiger partial charge in [0.05, 0.1) is 16.7 Å². The largest absolute Gasteiger partial charge is 0.254 e. The maximum atomic E-state index is 5.28. The van der Waals surface area contributed by atoms with Crippen molar-refractivity contribution in [3.05, 3.63) is 157 Å². The van der Waals surface area contributed by atoms with E-state index in [4.69, 9.17) is 9.97 Å². The fourth-order valence-electron chi connectivity index (χ4n) is 8.36. The van der Waals surface area contributed by atoms with Gasteiger partial charge in [0.1, 0.15) is 0 Å². The molecule has 2 aromatic heterocycles. The molecule has 0 radical (unpaired) electrons. The highest BCUT2D eigenvalue weighted by Crippen LogP contribution is 2.58. The average molecular weight is 599 g/mol. The molecule has 7 aromatic carbocycles. The number of hydrogen-bond donors (Lipinski definition) is 0. The van der Waals surface area contributed by atoms with E-state index >= 15 is 0 Å². The molecule has 0 spiro atoms. The van der Waals surface area contributed by atoms with Crippen molar-refractivity contribution >= 4 is 54.1 Å². The topological polar surface area (TPSA) is 25.8 Å². The minimum Gasteiger partial charge on any atom is -0.254 e. The van der Waals surface area contributed by atoms with E-state index in [2.05, 4.69) is 147 Å². The summed E-state index contributed by atoms with van der Waals surface area (Å²) in [5.41, 5.74) is 11.7. The Kier molecular flexibility index (Phi) is 5.37. The maximum Gasteiger partial charge on any atom is 0.0972 e. The number of hydrogen-bond acceptors (Lipinski definition) is 2. The molecule has 0 saturated carbocycles. The molecule has 0 fully saturated rings. The number of aromatic nitrogens is 2. The summed E-state index contributed by atoms with van der Waals surface area (Å²) in [6.07, 6.45) is 1.85. The second kappa shape index (κ2) is 9.57. The van der Waals surface area contributed by atoms with Crippen LogP contribution in [0.2, 0.25) is 0 Å². The van der Waals surface area contributed by atoms with E-state index in [1.165, 1.54) is 65.7 Å². The van der Waals surface area contributed by atoms with Crippen LogP contribution in [0.3, 0.4) is 0 Å². The lowest BCUT2D eigenvalue weighted by Crippen LogP contribution is -2.16. The number of fused-ring (bicyclic) bond motifs is 13. The molecule has 0 saturated heterocycles. The molecule has 0 aliphatic heterocycles. The van der Waals surface area contributed by atoms with E-state index in [-0.39, 0.29) is 5.41 Å². The van der Waals surface area contributed by atoms with Gasteiger partial charge in [-0.05, 0) is 83.9 Å². The standard InChI is InChI=1S/C45H30N2/c1-45(2)38-26-37(31-15-3-7-17-33(31)39-24-23-28-22-21-27-12-11-25-46-43(27)44(28)47-39)32-16-5-8-18-34(32)40(38)41-35-19-9-4-13-29(35)30-14-6-10-20-36(30)42(41)45/h3-26H,1-2H3. The zero-order chi connectivity index (χ0) is 31.3. The van der Waals surface area contributed by atoms with Crippen LogP contribution >= 0.6 is 0 Å². The van der Waals surface area contributed by atoms with Gasteiger partial charge in [0.15, 0.2) is 0 Å². The first-order valence-electron chi connectivity index (χ1n) is 16.3. The minimum absolute atomic E-state index is 0.201. The van der Waals surface area contributed by atoms with Crippen molar-refractivity contribution in [3.8, 4) is 33.5 Å². The third-order valence-electron chi connectivity index (χ3n) is 10.5. The Morgan fingerprint density at radius 3 is 1.79 bits per heavy atom. The quantitative estimate of drug-likeness (QED) is 0.185. The number of rotatable bonds is 2. The van der Waals surface area contributed by atoms with Crippen LogP contribution in [0.25, 0.3) is 87.6 Å².